The van der Waals surface area contributed by atoms with Crippen LogP contribution in [0.15, 0.2) is 24.3 Å². The van der Waals surface area contributed by atoms with Crippen molar-refractivity contribution in [3.8, 4) is 0 Å². The average molecular weight is 436 g/mol. The summed E-state index contributed by atoms with van der Waals surface area (Å²) in [5.41, 5.74) is 0.499. The summed E-state index contributed by atoms with van der Waals surface area (Å²) in [5.74, 6) is -1.39. The molecule has 31 heavy (non-hydrogen) atoms. The summed E-state index contributed by atoms with van der Waals surface area (Å²) in [5, 5.41) is 0. The molecule has 2 amide bonds. The predicted molar refractivity (Wildman–Crippen MR) is 109 cm³/mol. The molecule has 0 spiro atoms. The fourth-order valence-electron chi connectivity index (χ4n) is 4.61. The van der Waals surface area contributed by atoms with Crippen molar-refractivity contribution in [2.75, 3.05) is 26.2 Å². The van der Waals surface area contributed by atoms with Crippen LogP contribution in [0.5, 0.6) is 0 Å². The van der Waals surface area contributed by atoms with Gasteiger partial charge < -0.3 is 14.4 Å². The molecule has 9 heteroatoms. The highest BCUT2D eigenvalue weighted by atomic mass is 19.4. The molecule has 0 saturated carbocycles. The number of aromatic nitrogens is 2. The Hall–Kier alpha value is -2.58. The smallest absolute Gasteiger partial charge is 0.342 e. The highest BCUT2D eigenvalue weighted by Gasteiger charge is 2.38. The molecule has 1 aromatic heterocycles. The van der Waals surface area contributed by atoms with Crippen molar-refractivity contribution in [1.29, 1.82) is 0 Å². The molecule has 0 aliphatic carbocycles. The first-order valence-corrected chi connectivity index (χ1v) is 10.9. The van der Waals surface area contributed by atoms with Crippen LogP contribution in [0.4, 0.5) is 13.2 Å². The molecule has 0 N–H and O–H groups in total. The summed E-state index contributed by atoms with van der Waals surface area (Å²) in [4.78, 5) is 32.9. The number of nitrogens with zero attached hydrogens (tertiary/aromatic N) is 4. The Bertz CT molecular complexity index is 940. The largest absolute Gasteiger partial charge is 0.449 e. The van der Waals surface area contributed by atoms with Crippen molar-refractivity contribution in [3.05, 3.63) is 30.1 Å². The van der Waals surface area contributed by atoms with E-state index in [1.807, 2.05) is 4.90 Å². The number of piperidine rings is 1. The minimum Gasteiger partial charge on any atom is -0.342 e. The van der Waals surface area contributed by atoms with Crippen LogP contribution in [0, 0.1) is 5.92 Å². The number of rotatable bonds is 3. The number of benzene rings is 1. The van der Waals surface area contributed by atoms with Crippen LogP contribution >= 0.6 is 0 Å². The molecule has 2 fully saturated rings. The molecule has 2 aliphatic heterocycles. The molecule has 0 radical (unpaired) electrons. The zero-order valence-corrected chi connectivity index (χ0v) is 17.4. The fraction of sp³-hybridized carbons (Fsp3) is 0.591. The van der Waals surface area contributed by atoms with Gasteiger partial charge in [0.15, 0.2) is 0 Å². The third kappa shape index (κ3) is 4.70. The van der Waals surface area contributed by atoms with Crippen molar-refractivity contribution in [1.82, 2.24) is 19.4 Å². The molecule has 0 unspecified atom stereocenters. The van der Waals surface area contributed by atoms with E-state index in [4.69, 9.17) is 0 Å². The number of para-hydroxylation sites is 2. The lowest BCUT2D eigenvalue weighted by Crippen LogP contribution is -2.45. The minimum atomic E-state index is -4.65. The van der Waals surface area contributed by atoms with Crippen molar-refractivity contribution in [3.63, 3.8) is 0 Å². The minimum absolute atomic E-state index is 0.109. The van der Waals surface area contributed by atoms with Gasteiger partial charge in [-0.15, -0.1) is 0 Å². The Balaban J connectivity index is 1.41. The summed E-state index contributed by atoms with van der Waals surface area (Å²) in [7, 11) is 0. The molecular formula is C22H27F3N4O2. The molecule has 0 atom stereocenters. The van der Waals surface area contributed by atoms with Crippen molar-refractivity contribution < 1.29 is 22.8 Å². The number of fused-ring (bicyclic) bond motifs is 1. The van der Waals surface area contributed by atoms with Crippen LogP contribution in [0.3, 0.4) is 0 Å². The maximum Gasteiger partial charge on any atom is 0.449 e. The van der Waals surface area contributed by atoms with E-state index in [-0.39, 0.29) is 28.8 Å². The molecule has 4 rings (SSSR count). The van der Waals surface area contributed by atoms with Gasteiger partial charge in [-0.3, -0.25) is 9.59 Å². The lowest BCUT2D eigenvalue weighted by Gasteiger charge is -2.34. The lowest BCUT2D eigenvalue weighted by atomic mass is 9.95. The zero-order valence-electron chi connectivity index (χ0n) is 17.4. The third-order valence-electron chi connectivity index (χ3n) is 6.32. The van der Waals surface area contributed by atoms with Crippen LogP contribution in [0.25, 0.3) is 11.0 Å². The quantitative estimate of drug-likeness (QED) is 0.737. The van der Waals surface area contributed by atoms with Gasteiger partial charge in [0.05, 0.1) is 11.0 Å². The molecule has 3 heterocycles. The number of imidazole rings is 1. The summed E-state index contributed by atoms with van der Waals surface area (Å²) < 4.78 is 41.4. The molecular weight excluding hydrogens is 409 g/mol. The zero-order chi connectivity index (χ0) is 22.0. The second-order valence-corrected chi connectivity index (χ2v) is 8.40. The van der Waals surface area contributed by atoms with Gasteiger partial charge in [0.1, 0.15) is 6.54 Å². The Morgan fingerprint density at radius 1 is 0.935 bits per heavy atom. The molecule has 168 valence electrons. The van der Waals surface area contributed by atoms with Gasteiger partial charge in [0.25, 0.3) is 0 Å². The molecule has 2 aromatic rings. The van der Waals surface area contributed by atoms with E-state index < -0.39 is 18.5 Å². The maximum absolute atomic E-state index is 13.5. The normalized spacial score (nSPS) is 18.9. The van der Waals surface area contributed by atoms with E-state index in [2.05, 4.69) is 4.98 Å². The summed E-state index contributed by atoms with van der Waals surface area (Å²) in [6.45, 7) is 1.95. The van der Waals surface area contributed by atoms with E-state index in [1.54, 1.807) is 17.0 Å². The van der Waals surface area contributed by atoms with E-state index in [0.29, 0.717) is 25.9 Å². The Morgan fingerprint density at radius 2 is 1.58 bits per heavy atom. The van der Waals surface area contributed by atoms with Crippen molar-refractivity contribution in [2.45, 2.75) is 51.2 Å². The predicted octanol–water partition coefficient (Wildman–Crippen LogP) is 3.70. The number of alkyl halides is 3. The lowest BCUT2D eigenvalue weighted by molar-refractivity contribution is -0.148. The Kier molecular flexibility index (Phi) is 6.20. The van der Waals surface area contributed by atoms with Gasteiger partial charge in [-0.1, -0.05) is 25.0 Å². The third-order valence-corrected chi connectivity index (χ3v) is 6.32. The van der Waals surface area contributed by atoms with Crippen LogP contribution in [-0.4, -0.2) is 57.3 Å². The first kappa shape index (κ1) is 21.6. The SMILES string of the molecule is O=C(Cn1c(C(F)(F)F)nc2ccccc21)N1CCC(C(=O)N2CCCCCC2)CC1. The summed E-state index contributed by atoms with van der Waals surface area (Å²) >= 11 is 0. The number of likely N-dealkylation sites (tertiary alicyclic amines) is 2. The van der Waals surface area contributed by atoms with Crippen LogP contribution < -0.4 is 0 Å². The van der Waals surface area contributed by atoms with Gasteiger partial charge in [-0.05, 0) is 37.8 Å². The van der Waals surface area contributed by atoms with E-state index in [1.165, 1.54) is 12.1 Å². The summed E-state index contributed by atoms with van der Waals surface area (Å²) in [6.07, 6.45) is 0.827. The first-order valence-electron chi connectivity index (χ1n) is 10.9. The monoisotopic (exact) mass is 436 g/mol. The molecule has 2 saturated heterocycles. The van der Waals surface area contributed by atoms with E-state index in [0.717, 1.165) is 43.3 Å². The number of hydrogen-bond donors (Lipinski definition) is 0. The van der Waals surface area contributed by atoms with Crippen LogP contribution in [0.2, 0.25) is 0 Å². The first-order chi connectivity index (χ1) is 14.8. The van der Waals surface area contributed by atoms with Gasteiger partial charge in [-0.2, -0.15) is 13.2 Å². The van der Waals surface area contributed by atoms with Gasteiger partial charge in [-0.25, -0.2) is 4.98 Å². The van der Waals surface area contributed by atoms with Crippen molar-refractivity contribution in [2.24, 2.45) is 5.92 Å². The summed E-state index contributed by atoms with van der Waals surface area (Å²) in [6, 6.07) is 6.29. The average Bonchev–Trinajstić information content (AvgIpc) is 2.93. The highest BCUT2D eigenvalue weighted by molar-refractivity contribution is 5.82. The van der Waals surface area contributed by atoms with Crippen molar-refractivity contribution >= 4 is 22.8 Å². The molecule has 0 bridgehead atoms. The molecule has 6 nitrogen and oxygen atoms in total. The Morgan fingerprint density at radius 3 is 2.23 bits per heavy atom. The van der Waals surface area contributed by atoms with Crippen LogP contribution in [-0.2, 0) is 22.3 Å². The van der Waals surface area contributed by atoms with Gasteiger partial charge in [0, 0.05) is 32.1 Å². The fourth-order valence-corrected chi connectivity index (χ4v) is 4.61. The molecule has 2 aliphatic rings. The second-order valence-electron chi connectivity index (χ2n) is 8.40. The highest BCUT2D eigenvalue weighted by Crippen LogP contribution is 2.32. The standard InChI is InChI=1S/C22H27F3N4O2/c23-22(24,25)21-26-17-7-3-4-8-18(17)29(21)15-19(30)27-13-9-16(10-14-27)20(31)28-11-5-1-2-6-12-28/h3-4,7-8,16H,1-2,5-6,9-15H2. The number of carbonyl (C=O) groups excluding carboxylic acids is 2. The maximum atomic E-state index is 13.5. The topological polar surface area (TPSA) is 58.4 Å². The van der Waals surface area contributed by atoms with Gasteiger partial charge in [0.2, 0.25) is 17.6 Å². The second kappa shape index (κ2) is 8.88. The molecule has 1 aromatic carbocycles. The van der Waals surface area contributed by atoms with Crippen LogP contribution in [0.1, 0.15) is 44.3 Å². The number of hydrogen-bond acceptors (Lipinski definition) is 3. The van der Waals surface area contributed by atoms with E-state index in [9.17, 15) is 22.8 Å². The number of amides is 2. The van der Waals surface area contributed by atoms with Gasteiger partial charge >= 0.3 is 6.18 Å². The number of carbonyl (C=O) groups is 2. The Labute approximate surface area is 179 Å². The van der Waals surface area contributed by atoms with E-state index >= 15 is 0 Å². The number of halogens is 3.